The maximum Gasteiger partial charge on any atom is 0.407 e. The molecule has 172 valence electrons. The molecule has 0 fully saturated rings. The molecule has 1 amide bonds. The predicted molar refractivity (Wildman–Crippen MR) is 129 cm³/mol. The van der Waals surface area contributed by atoms with Crippen molar-refractivity contribution in [1.29, 1.82) is 0 Å². The fraction of sp³-hybridized carbons (Fsp3) is 0.593. The summed E-state index contributed by atoms with van der Waals surface area (Å²) in [6.45, 7) is 16.6. The van der Waals surface area contributed by atoms with Crippen LogP contribution in [0.3, 0.4) is 0 Å². The van der Waals surface area contributed by atoms with E-state index in [2.05, 4.69) is 44.3 Å². The monoisotopic (exact) mass is 427 g/mol. The van der Waals surface area contributed by atoms with Crippen LogP contribution in [0.15, 0.2) is 41.5 Å². The first kappa shape index (κ1) is 25.2. The molecule has 0 heterocycles. The van der Waals surface area contributed by atoms with Crippen LogP contribution in [0.5, 0.6) is 0 Å². The first-order chi connectivity index (χ1) is 14.2. The molecule has 1 atom stereocenters. The zero-order valence-corrected chi connectivity index (χ0v) is 20.6. The van der Waals surface area contributed by atoms with Gasteiger partial charge in [0.15, 0.2) is 0 Å². The van der Waals surface area contributed by atoms with Crippen LogP contribution >= 0.6 is 0 Å². The molecule has 2 rings (SSSR count). The highest BCUT2D eigenvalue weighted by Crippen LogP contribution is 2.41. The molecule has 0 aromatic heterocycles. The van der Waals surface area contributed by atoms with Gasteiger partial charge in [-0.3, -0.25) is 0 Å². The van der Waals surface area contributed by atoms with Gasteiger partial charge in [-0.15, -0.1) is 0 Å². The molecule has 1 aromatic rings. The molecule has 4 heteroatoms. The smallest absolute Gasteiger partial charge is 0.407 e. The second kappa shape index (κ2) is 9.60. The minimum absolute atomic E-state index is 0.200. The Morgan fingerprint density at radius 2 is 1.90 bits per heavy atom. The maximum absolute atomic E-state index is 12.0. The molecule has 1 aliphatic carbocycles. The third-order valence-electron chi connectivity index (χ3n) is 6.04. The van der Waals surface area contributed by atoms with Crippen LogP contribution in [0.25, 0.3) is 6.08 Å². The summed E-state index contributed by atoms with van der Waals surface area (Å²) in [6.07, 6.45) is 6.83. The van der Waals surface area contributed by atoms with Crippen molar-refractivity contribution in [2.75, 3.05) is 6.54 Å². The highest BCUT2D eigenvalue weighted by molar-refractivity contribution is 5.67. The van der Waals surface area contributed by atoms with Gasteiger partial charge in [-0.05, 0) is 75.1 Å². The minimum atomic E-state index is -0.720. The SMILES string of the molecule is CC1=C(C=Cc2cccc(C(O)C(C)(C)CNC(=O)OC(C)(C)C)c2)C(C)(C)CCC1. The van der Waals surface area contributed by atoms with E-state index in [9.17, 15) is 9.90 Å². The highest BCUT2D eigenvalue weighted by atomic mass is 16.6. The predicted octanol–water partition coefficient (Wildman–Crippen LogP) is 6.81. The largest absolute Gasteiger partial charge is 0.444 e. The summed E-state index contributed by atoms with van der Waals surface area (Å²) < 4.78 is 5.31. The Morgan fingerprint density at radius 1 is 1.23 bits per heavy atom. The van der Waals surface area contributed by atoms with Gasteiger partial charge in [0.2, 0.25) is 0 Å². The van der Waals surface area contributed by atoms with Gasteiger partial charge in [0.1, 0.15) is 5.60 Å². The van der Waals surface area contributed by atoms with E-state index in [1.807, 2.05) is 52.8 Å². The number of alkyl carbamates (subject to hydrolysis) is 1. The fourth-order valence-electron chi connectivity index (χ4n) is 4.18. The van der Waals surface area contributed by atoms with E-state index in [0.717, 1.165) is 11.1 Å². The van der Waals surface area contributed by atoms with Crippen molar-refractivity contribution in [2.45, 2.75) is 86.4 Å². The highest BCUT2D eigenvalue weighted by Gasteiger charge is 2.31. The van der Waals surface area contributed by atoms with Crippen molar-refractivity contribution in [3.63, 3.8) is 0 Å². The molecule has 4 nitrogen and oxygen atoms in total. The van der Waals surface area contributed by atoms with Gasteiger partial charge in [0.25, 0.3) is 0 Å². The normalized spacial score (nSPS) is 18.2. The van der Waals surface area contributed by atoms with E-state index in [4.69, 9.17) is 4.74 Å². The molecule has 1 unspecified atom stereocenters. The van der Waals surface area contributed by atoms with Crippen LogP contribution in [0.1, 0.15) is 91.9 Å². The van der Waals surface area contributed by atoms with Crippen LogP contribution in [0.2, 0.25) is 0 Å². The van der Waals surface area contributed by atoms with Crippen LogP contribution in [0.4, 0.5) is 4.79 Å². The topological polar surface area (TPSA) is 58.6 Å². The molecule has 0 spiro atoms. The molecule has 0 radical (unpaired) electrons. The van der Waals surface area contributed by atoms with Crippen molar-refractivity contribution in [3.8, 4) is 0 Å². The van der Waals surface area contributed by atoms with Gasteiger partial charge >= 0.3 is 6.09 Å². The summed E-state index contributed by atoms with van der Waals surface area (Å²) in [5.74, 6) is 0. The Kier molecular flexibility index (Phi) is 7.80. The quantitative estimate of drug-likeness (QED) is 0.524. The number of ether oxygens (including phenoxy) is 1. The Balaban J connectivity index is 2.12. The number of hydrogen-bond donors (Lipinski definition) is 2. The zero-order chi connectivity index (χ0) is 23.4. The van der Waals surface area contributed by atoms with Gasteiger partial charge in [0.05, 0.1) is 6.10 Å². The summed E-state index contributed by atoms with van der Waals surface area (Å²) in [6, 6.07) is 8.00. The number of rotatable bonds is 6. The summed E-state index contributed by atoms with van der Waals surface area (Å²) in [5, 5.41) is 13.8. The summed E-state index contributed by atoms with van der Waals surface area (Å²) in [7, 11) is 0. The van der Waals surface area contributed by atoms with Crippen molar-refractivity contribution < 1.29 is 14.6 Å². The summed E-state index contributed by atoms with van der Waals surface area (Å²) >= 11 is 0. The third kappa shape index (κ3) is 7.24. The van der Waals surface area contributed by atoms with E-state index < -0.39 is 23.2 Å². The minimum Gasteiger partial charge on any atom is -0.444 e. The van der Waals surface area contributed by atoms with Gasteiger partial charge in [-0.1, -0.05) is 63.6 Å². The van der Waals surface area contributed by atoms with Crippen LogP contribution < -0.4 is 5.32 Å². The van der Waals surface area contributed by atoms with Gasteiger partial charge < -0.3 is 15.2 Å². The molecule has 0 saturated heterocycles. The van der Waals surface area contributed by atoms with E-state index >= 15 is 0 Å². The van der Waals surface area contributed by atoms with Gasteiger partial charge in [0, 0.05) is 12.0 Å². The molecular formula is C27H41NO3. The molecule has 1 aromatic carbocycles. The lowest BCUT2D eigenvalue weighted by Gasteiger charge is -2.33. The molecular weight excluding hydrogens is 386 g/mol. The van der Waals surface area contributed by atoms with Crippen molar-refractivity contribution in [2.24, 2.45) is 10.8 Å². The molecule has 0 aliphatic heterocycles. The second-order valence-electron chi connectivity index (χ2n) is 11.2. The van der Waals surface area contributed by atoms with E-state index in [1.54, 1.807) is 0 Å². The van der Waals surface area contributed by atoms with E-state index in [0.29, 0.717) is 6.54 Å². The van der Waals surface area contributed by atoms with Gasteiger partial charge in [-0.2, -0.15) is 0 Å². The number of aliphatic hydroxyl groups is 1. The standard InChI is InChI=1S/C27H41NO3/c1-19-11-10-16-26(5,6)22(19)15-14-20-12-9-13-21(17-20)23(29)27(7,8)18-28-24(30)31-25(2,3)4/h9,12-15,17,23,29H,10-11,16,18H2,1-8H3,(H,28,30). The Hall–Kier alpha value is -2.07. The van der Waals surface area contributed by atoms with Crippen molar-refractivity contribution in [3.05, 3.63) is 52.6 Å². The number of carbonyl (C=O) groups excluding carboxylic acids is 1. The van der Waals surface area contributed by atoms with E-state index in [1.165, 1.54) is 30.4 Å². The molecule has 1 aliphatic rings. The summed E-state index contributed by atoms with van der Waals surface area (Å²) in [5.41, 5.74) is 3.90. The number of hydrogen-bond acceptors (Lipinski definition) is 3. The molecule has 2 N–H and O–H groups in total. The Labute approximate surface area is 188 Å². The number of aliphatic hydroxyl groups excluding tert-OH is 1. The first-order valence-electron chi connectivity index (χ1n) is 11.3. The van der Waals surface area contributed by atoms with Gasteiger partial charge in [-0.25, -0.2) is 4.79 Å². The van der Waals surface area contributed by atoms with E-state index in [-0.39, 0.29) is 5.41 Å². The number of carbonyl (C=O) groups is 1. The lowest BCUT2D eigenvalue weighted by molar-refractivity contribution is 0.0326. The Morgan fingerprint density at radius 3 is 2.52 bits per heavy atom. The van der Waals surface area contributed by atoms with Crippen LogP contribution in [-0.4, -0.2) is 23.3 Å². The Bertz CT molecular complexity index is 840. The first-order valence-corrected chi connectivity index (χ1v) is 11.3. The average molecular weight is 428 g/mol. The van der Waals surface area contributed by atoms with Crippen LogP contribution in [-0.2, 0) is 4.74 Å². The second-order valence-corrected chi connectivity index (χ2v) is 11.2. The number of allylic oxidation sites excluding steroid dienone is 3. The number of nitrogens with one attached hydrogen (secondary N) is 1. The number of amides is 1. The zero-order valence-electron chi connectivity index (χ0n) is 20.6. The van der Waals surface area contributed by atoms with Crippen molar-refractivity contribution in [1.82, 2.24) is 5.32 Å². The lowest BCUT2D eigenvalue weighted by Crippen LogP contribution is -2.40. The fourth-order valence-corrected chi connectivity index (χ4v) is 4.18. The lowest BCUT2D eigenvalue weighted by atomic mass is 9.72. The molecule has 31 heavy (non-hydrogen) atoms. The number of benzene rings is 1. The van der Waals surface area contributed by atoms with Crippen molar-refractivity contribution >= 4 is 12.2 Å². The summed E-state index contributed by atoms with van der Waals surface area (Å²) in [4.78, 5) is 12.0. The van der Waals surface area contributed by atoms with Crippen LogP contribution in [0, 0.1) is 10.8 Å². The molecule has 0 bridgehead atoms. The maximum atomic E-state index is 12.0. The average Bonchev–Trinajstić information content (AvgIpc) is 2.64. The third-order valence-corrected chi connectivity index (χ3v) is 6.04. The molecule has 0 saturated carbocycles.